The topological polar surface area (TPSA) is 17.8 Å². The van der Waals surface area contributed by atoms with E-state index in [9.17, 15) is 26.3 Å². The Morgan fingerprint density at radius 1 is 0.767 bits per heavy atom. The van der Waals surface area contributed by atoms with E-state index in [0.29, 0.717) is 16.6 Å². The number of nitrogens with zero attached hydrogens (tertiary/aromatic N) is 2. The molecule has 0 aliphatic carbocycles. The number of rotatable bonds is 2. The van der Waals surface area contributed by atoms with Gasteiger partial charge in [-0.3, -0.25) is 0 Å². The van der Waals surface area contributed by atoms with E-state index in [1.807, 2.05) is 0 Å². The molecule has 0 atom stereocenters. The summed E-state index contributed by atoms with van der Waals surface area (Å²) in [6.07, 6.45) is -8.99. The van der Waals surface area contributed by atoms with Crippen LogP contribution in [0.2, 0.25) is 0 Å². The molecule has 0 fully saturated rings. The molecule has 0 aliphatic rings. The van der Waals surface area contributed by atoms with E-state index in [2.05, 4.69) is 11.2 Å². The van der Waals surface area contributed by atoms with Crippen molar-refractivity contribution in [2.45, 2.75) is 12.4 Å². The summed E-state index contributed by atoms with van der Waals surface area (Å²) in [5, 5.41) is 4.94. The molecule has 1 heterocycles. The minimum atomic E-state index is -4.52. The summed E-state index contributed by atoms with van der Waals surface area (Å²) in [6.45, 7) is 0. The fourth-order valence-corrected chi connectivity index (χ4v) is 3.03. The number of fused-ring (bicyclic) bond motifs is 1. The minimum absolute atomic E-state index is 0. The van der Waals surface area contributed by atoms with Crippen molar-refractivity contribution >= 4 is 10.9 Å². The normalized spacial score (nSPS) is 12.1. The molecule has 30 heavy (non-hydrogen) atoms. The fourth-order valence-electron chi connectivity index (χ4n) is 3.03. The SMILES string of the molecule is FC(F)(F)c1ccc(-n2nc(-c3[c-]ccc(C(F)(F)F)c3)c3ccccc32)cc1.[Ir]. The first-order valence-corrected chi connectivity index (χ1v) is 8.39. The molecule has 0 saturated carbocycles. The van der Waals surface area contributed by atoms with Gasteiger partial charge < -0.3 is 0 Å². The molecule has 9 heteroatoms. The first-order chi connectivity index (χ1) is 13.6. The Kier molecular flexibility index (Phi) is 5.80. The number of halogens is 6. The summed E-state index contributed by atoms with van der Waals surface area (Å²) in [6, 6.07) is 17.0. The molecule has 1 radical (unpaired) electrons. The summed E-state index contributed by atoms with van der Waals surface area (Å²) in [5.41, 5.74) is -0.336. The second-order valence-electron chi connectivity index (χ2n) is 6.31. The van der Waals surface area contributed by atoms with Gasteiger partial charge in [0.05, 0.1) is 16.8 Å². The number of alkyl halides is 6. The van der Waals surface area contributed by atoms with Crippen molar-refractivity contribution in [1.82, 2.24) is 9.78 Å². The zero-order chi connectivity index (χ0) is 20.8. The molecule has 3 aromatic carbocycles. The van der Waals surface area contributed by atoms with E-state index in [1.165, 1.54) is 22.9 Å². The van der Waals surface area contributed by atoms with Gasteiger partial charge in [-0.1, -0.05) is 18.2 Å². The van der Waals surface area contributed by atoms with Crippen LogP contribution in [-0.2, 0) is 32.5 Å². The van der Waals surface area contributed by atoms with Crippen LogP contribution in [0, 0.1) is 6.07 Å². The third kappa shape index (κ3) is 4.13. The van der Waals surface area contributed by atoms with Crippen LogP contribution in [0.15, 0.2) is 66.7 Å². The van der Waals surface area contributed by atoms with Crippen LogP contribution < -0.4 is 0 Å². The fraction of sp³-hybridized carbons (Fsp3) is 0.0952. The Morgan fingerprint density at radius 3 is 2.03 bits per heavy atom. The molecule has 157 valence electrons. The van der Waals surface area contributed by atoms with Gasteiger partial charge >= 0.3 is 12.4 Å². The van der Waals surface area contributed by atoms with E-state index >= 15 is 0 Å². The van der Waals surface area contributed by atoms with E-state index < -0.39 is 23.5 Å². The summed E-state index contributed by atoms with van der Waals surface area (Å²) in [7, 11) is 0. The maximum atomic E-state index is 13.1. The number of aromatic nitrogens is 2. The average Bonchev–Trinajstić information content (AvgIpc) is 3.07. The first-order valence-electron chi connectivity index (χ1n) is 8.39. The van der Waals surface area contributed by atoms with E-state index in [0.717, 1.165) is 24.3 Å². The van der Waals surface area contributed by atoms with E-state index in [4.69, 9.17) is 0 Å². The first kappa shape index (κ1) is 22.1. The standard InChI is InChI=1S/C21H11F6N2.Ir/c22-20(23,24)14-8-10-16(11-9-14)29-18-7-2-1-6-17(18)19(28-29)13-4-3-5-15(12-13)21(25,26)27;/h1-3,5-12H;/q-1;. The van der Waals surface area contributed by atoms with Crippen LogP contribution >= 0.6 is 0 Å². The van der Waals surface area contributed by atoms with Crippen molar-refractivity contribution in [3.63, 3.8) is 0 Å². The van der Waals surface area contributed by atoms with Crippen LogP contribution in [0.5, 0.6) is 0 Å². The van der Waals surface area contributed by atoms with Crippen LogP contribution in [-0.4, -0.2) is 9.78 Å². The molecular weight excluding hydrogens is 586 g/mol. The Balaban J connectivity index is 0.00000256. The molecule has 0 saturated heterocycles. The quantitative estimate of drug-likeness (QED) is 0.190. The number of benzene rings is 3. The van der Waals surface area contributed by atoms with Gasteiger partial charge in [-0.15, -0.1) is 29.8 Å². The predicted octanol–water partition coefficient (Wildman–Crippen LogP) is 6.53. The summed E-state index contributed by atoms with van der Waals surface area (Å²) in [4.78, 5) is 0. The van der Waals surface area contributed by atoms with E-state index in [1.54, 1.807) is 24.3 Å². The van der Waals surface area contributed by atoms with Crippen molar-refractivity contribution in [2.24, 2.45) is 0 Å². The van der Waals surface area contributed by atoms with Gasteiger partial charge in [0.1, 0.15) is 0 Å². The molecule has 0 spiro atoms. The zero-order valence-corrected chi connectivity index (χ0v) is 17.2. The van der Waals surface area contributed by atoms with Crippen LogP contribution in [0.4, 0.5) is 26.3 Å². The molecule has 0 N–H and O–H groups in total. The minimum Gasteiger partial charge on any atom is -0.242 e. The molecule has 2 nitrogen and oxygen atoms in total. The Morgan fingerprint density at radius 2 is 1.40 bits per heavy atom. The zero-order valence-electron chi connectivity index (χ0n) is 14.8. The molecule has 0 aliphatic heterocycles. The van der Waals surface area contributed by atoms with E-state index in [-0.39, 0.29) is 31.4 Å². The third-order valence-corrected chi connectivity index (χ3v) is 4.41. The largest absolute Gasteiger partial charge is 0.416 e. The Labute approximate surface area is 180 Å². The maximum absolute atomic E-state index is 13.1. The number of hydrogen-bond acceptors (Lipinski definition) is 1. The molecule has 0 unspecified atom stereocenters. The second kappa shape index (κ2) is 7.89. The molecular formula is C21H11F6IrN2-. The molecule has 4 rings (SSSR count). The molecule has 0 bridgehead atoms. The van der Waals surface area contributed by atoms with Crippen LogP contribution in [0.3, 0.4) is 0 Å². The van der Waals surface area contributed by atoms with Crippen molar-refractivity contribution in [3.05, 3.63) is 83.9 Å². The average molecular weight is 598 g/mol. The van der Waals surface area contributed by atoms with Gasteiger partial charge in [-0.05, 0) is 41.3 Å². The second-order valence-corrected chi connectivity index (χ2v) is 6.31. The molecule has 4 aromatic rings. The van der Waals surface area contributed by atoms with Gasteiger partial charge in [-0.2, -0.15) is 26.3 Å². The molecule has 1 aromatic heterocycles. The monoisotopic (exact) mass is 598 g/mol. The van der Waals surface area contributed by atoms with Gasteiger partial charge in [0.25, 0.3) is 0 Å². The Bertz CT molecular complexity index is 1180. The van der Waals surface area contributed by atoms with Crippen molar-refractivity contribution in [1.29, 1.82) is 0 Å². The van der Waals surface area contributed by atoms with Crippen molar-refractivity contribution in [2.75, 3.05) is 0 Å². The molecule has 0 amide bonds. The van der Waals surface area contributed by atoms with Crippen molar-refractivity contribution < 1.29 is 46.4 Å². The smallest absolute Gasteiger partial charge is 0.242 e. The maximum Gasteiger partial charge on any atom is 0.416 e. The van der Waals surface area contributed by atoms with Gasteiger partial charge in [0, 0.05) is 25.8 Å². The Hall–Kier alpha value is -2.64. The summed E-state index contributed by atoms with van der Waals surface area (Å²) >= 11 is 0. The number of para-hydroxylation sites is 1. The van der Waals surface area contributed by atoms with Gasteiger partial charge in [0.2, 0.25) is 0 Å². The summed E-state index contributed by atoms with van der Waals surface area (Å²) in [5.74, 6) is 0. The van der Waals surface area contributed by atoms with Crippen molar-refractivity contribution in [3.8, 4) is 16.9 Å². The number of hydrogen-bond donors (Lipinski definition) is 0. The predicted molar refractivity (Wildman–Crippen MR) is 95.3 cm³/mol. The van der Waals surface area contributed by atoms with Crippen LogP contribution in [0.1, 0.15) is 11.1 Å². The van der Waals surface area contributed by atoms with Crippen LogP contribution in [0.25, 0.3) is 27.8 Å². The summed E-state index contributed by atoms with van der Waals surface area (Å²) < 4.78 is 79.1. The van der Waals surface area contributed by atoms with Gasteiger partial charge in [-0.25, -0.2) is 9.78 Å². The third-order valence-electron chi connectivity index (χ3n) is 4.41. The van der Waals surface area contributed by atoms with Gasteiger partial charge in [0.15, 0.2) is 0 Å².